The average molecular weight is 117 g/mol. The van der Waals surface area contributed by atoms with Crippen molar-refractivity contribution in [2.45, 2.75) is 20.0 Å². The Labute approximate surface area is 47.9 Å². The number of aliphatic hydroxyl groups is 1. The third-order valence-corrected chi connectivity index (χ3v) is 0.781. The van der Waals surface area contributed by atoms with E-state index < -0.39 is 12.1 Å². The van der Waals surface area contributed by atoms with Crippen molar-refractivity contribution < 1.29 is 15.0 Å². The summed E-state index contributed by atoms with van der Waals surface area (Å²) in [5.74, 6) is -0.692. The van der Waals surface area contributed by atoms with E-state index in [1.807, 2.05) is 0 Å². The Bertz CT molecular complexity index is 87.7. The van der Waals surface area contributed by atoms with Crippen molar-refractivity contribution in [3.05, 3.63) is 5.92 Å². The van der Waals surface area contributed by atoms with Crippen molar-refractivity contribution in [1.29, 1.82) is 0 Å². The van der Waals surface area contributed by atoms with Crippen LogP contribution >= 0.6 is 0 Å². The fraction of sp³-hybridized carbons (Fsp3) is 0.600. The van der Waals surface area contributed by atoms with Gasteiger partial charge in [-0.3, -0.25) is 0 Å². The molecule has 0 saturated carbocycles. The SMILES string of the molecule is C[C](C)C(O)C(=O)O. The molecule has 47 valence electrons. The van der Waals surface area contributed by atoms with Gasteiger partial charge in [-0.2, -0.15) is 0 Å². The molecule has 1 atom stereocenters. The van der Waals surface area contributed by atoms with Crippen LogP contribution in [0.4, 0.5) is 0 Å². The van der Waals surface area contributed by atoms with Crippen LogP contribution < -0.4 is 0 Å². The zero-order valence-corrected chi connectivity index (χ0v) is 4.88. The minimum atomic E-state index is -1.30. The molecule has 1 radical (unpaired) electrons. The summed E-state index contributed by atoms with van der Waals surface area (Å²) in [5.41, 5.74) is 0. The summed E-state index contributed by atoms with van der Waals surface area (Å²) in [6.45, 7) is 3.14. The van der Waals surface area contributed by atoms with E-state index in [2.05, 4.69) is 0 Å². The molecule has 2 N–H and O–H groups in total. The third kappa shape index (κ3) is 1.93. The van der Waals surface area contributed by atoms with Crippen LogP contribution in [-0.2, 0) is 4.79 Å². The maximum atomic E-state index is 9.87. The largest absolute Gasteiger partial charge is 0.479 e. The van der Waals surface area contributed by atoms with E-state index in [0.29, 0.717) is 5.92 Å². The van der Waals surface area contributed by atoms with Gasteiger partial charge < -0.3 is 10.2 Å². The van der Waals surface area contributed by atoms with Crippen LogP contribution in [0.25, 0.3) is 0 Å². The van der Waals surface area contributed by atoms with Gasteiger partial charge in [0.15, 0.2) is 6.10 Å². The number of rotatable bonds is 2. The Morgan fingerprint density at radius 3 is 1.88 bits per heavy atom. The molecule has 0 aliphatic heterocycles. The molecule has 0 amide bonds. The lowest BCUT2D eigenvalue weighted by molar-refractivity contribution is -0.145. The third-order valence-electron chi connectivity index (χ3n) is 0.781. The molecule has 0 saturated heterocycles. The molecule has 0 spiro atoms. The highest BCUT2D eigenvalue weighted by atomic mass is 16.4. The van der Waals surface area contributed by atoms with Crippen LogP contribution in [0.2, 0.25) is 0 Å². The first kappa shape index (κ1) is 7.43. The number of carbonyl (C=O) groups is 1. The molecular weight excluding hydrogens is 108 g/mol. The van der Waals surface area contributed by atoms with Gasteiger partial charge in [0.2, 0.25) is 0 Å². The van der Waals surface area contributed by atoms with E-state index in [1.165, 1.54) is 0 Å². The standard InChI is InChI=1S/C5H9O3/c1-3(2)4(6)5(7)8/h4,6H,1-2H3,(H,7,8). The maximum absolute atomic E-state index is 9.87. The molecule has 0 aliphatic carbocycles. The fourth-order valence-corrected chi connectivity index (χ4v) is 0.247. The normalized spacial score (nSPS) is 14.0. The van der Waals surface area contributed by atoms with Crippen molar-refractivity contribution in [2.24, 2.45) is 0 Å². The van der Waals surface area contributed by atoms with Crippen LogP contribution in [0.15, 0.2) is 0 Å². The molecule has 8 heavy (non-hydrogen) atoms. The lowest BCUT2D eigenvalue weighted by Crippen LogP contribution is -2.23. The van der Waals surface area contributed by atoms with Crippen LogP contribution in [0, 0.1) is 5.92 Å². The Balaban J connectivity index is 3.64. The number of aliphatic carboxylic acids is 1. The zero-order chi connectivity index (χ0) is 6.73. The smallest absolute Gasteiger partial charge is 0.333 e. The molecule has 0 aromatic carbocycles. The molecular formula is C5H9O3. The molecule has 3 heteroatoms. The van der Waals surface area contributed by atoms with Crippen molar-refractivity contribution in [2.75, 3.05) is 0 Å². The van der Waals surface area contributed by atoms with Crippen molar-refractivity contribution in [3.63, 3.8) is 0 Å². The van der Waals surface area contributed by atoms with Gasteiger partial charge in [-0.15, -0.1) is 0 Å². The summed E-state index contributed by atoms with van der Waals surface area (Å²) in [6.07, 6.45) is -1.30. The summed E-state index contributed by atoms with van der Waals surface area (Å²) in [7, 11) is 0. The minimum Gasteiger partial charge on any atom is -0.479 e. The van der Waals surface area contributed by atoms with Crippen molar-refractivity contribution >= 4 is 5.97 Å². The quantitative estimate of drug-likeness (QED) is 0.537. The molecule has 0 heterocycles. The Kier molecular flexibility index (Phi) is 2.48. The predicted octanol–water partition coefficient (Wildman–Crippen LogP) is 0.0462. The minimum absolute atomic E-state index is 0.498. The van der Waals surface area contributed by atoms with E-state index in [-0.39, 0.29) is 0 Å². The Morgan fingerprint density at radius 1 is 1.50 bits per heavy atom. The topological polar surface area (TPSA) is 57.5 Å². The number of aliphatic hydroxyl groups excluding tert-OH is 1. The lowest BCUT2D eigenvalue weighted by atomic mass is 10.1. The van der Waals surface area contributed by atoms with Gasteiger partial charge in [0.1, 0.15) is 0 Å². The first-order chi connectivity index (χ1) is 3.55. The highest BCUT2D eigenvalue weighted by molar-refractivity contribution is 5.74. The lowest BCUT2D eigenvalue weighted by Gasteiger charge is -2.05. The van der Waals surface area contributed by atoms with Crippen LogP contribution in [0.5, 0.6) is 0 Å². The highest BCUT2D eigenvalue weighted by Gasteiger charge is 2.16. The summed E-state index contributed by atoms with van der Waals surface area (Å²) < 4.78 is 0. The first-order valence-electron chi connectivity index (χ1n) is 2.26. The molecule has 0 fully saturated rings. The predicted molar refractivity (Wildman–Crippen MR) is 28.2 cm³/mol. The fourth-order valence-electron chi connectivity index (χ4n) is 0.247. The molecule has 0 aromatic rings. The van der Waals surface area contributed by atoms with Crippen molar-refractivity contribution in [1.82, 2.24) is 0 Å². The monoisotopic (exact) mass is 117 g/mol. The van der Waals surface area contributed by atoms with Gasteiger partial charge in [-0.25, -0.2) is 4.79 Å². The van der Waals surface area contributed by atoms with Crippen LogP contribution in [0.3, 0.4) is 0 Å². The van der Waals surface area contributed by atoms with E-state index in [0.717, 1.165) is 0 Å². The molecule has 3 nitrogen and oxygen atoms in total. The molecule has 0 aromatic heterocycles. The van der Waals surface area contributed by atoms with Gasteiger partial charge >= 0.3 is 5.97 Å². The summed E-state index contributed by atoms with van der Waals surface area (Å²) in [4.78, 5) is 9.87. The van der Waals surface area contributed by atoms with Crippen LogP contribution in [-0.4, -0.2) is 22.3 Å². The first-order valence-corrected chi connectivity index (χ1v) is 2.26. The molecule has 0 rings (SSSR count). The van der Waals surface area contributed by atoms with Gasteiger partial charge in [0, 0.05) is 5.92 Å². The summed E-state index contributed by atoms with van der Waals surface area (Å²) >= 11 is 0. The summed E-state index contributed by atoms with van der Waals surface area (Å²) in [5, 5.41) is 16.6. The molecule has 0 aliphatic rings. The maximum Gasteiger partial charge on any atom is 0.333 e. The summed E-state index contributed by atoms with van der Waals surface area (Å²) in [6, 6.07) is 0. The number of carboxylic acid groups (broad SMARTS) is 1. The van der Waals surface area contributed by atoms with Gasteiger partial charge in [-0.05, 0) is 0 Å². The second kappa shape index (κ2) is 2.67. The van der Waals surface area contributed by atoms with E-state index in [4.69, 9.17) is 10.2 Å². The Morgan fingerprint density at radius 2 is 1.88 bits per heavy atom. The van der Waals surface area contributed by atoms with Crippen LogP contribution in [0.1, 0.15) is 13.8 Å². The average Bonchev–Trinajstić information content (AvgIpc) is 1.64. The number of hydrogen-bond acceptors (Lipinski definition) is 2. The van der Waals surface area contributed by atoms with Crippen molar-refractivity contribution in [3.8, 4) is 0 Å². The molecule has 1 unspecified atom stereocenters. The number of hydrogen-bond donors (Lipinski definition) is 2. The highest BCUT2D eigenvalue weighted by Crippen LogP contribution is 2.01. The van der Waals surface area contributed by atoms with Gasteiger partial charge in [-0.1, -0.05) is 13.8 Å². The van der Waals surface area contributed by atoms with E-state index in [1.54, 1.807) is 13.8 Å². The van der Waals surface area contributed by atoms with E-state index >= 15 is 0 Å². The Hall–Kier alpha value is -0.570. The van der Waals surface area contributed by atoms with E-state index in [9.17, 15) is 4.79 Å². The zero-order valence-electron chi connectivity index (χ0n) is 4.88. The number of carboxylic acids is 1. The second-order valence-corrected chi connectivity index (χ2v) is 1.82. The second-order valence-electron chi connectivity index (χ2n) is 1.82. The molecule has 0 bridgehead atoms. The van der Waals surface area contributed by atoms with Gasteiger partial charge in [0.05, 0.1) is 0 Å². The van der Waals surface area contributed by atoms with Gasteiger partial charge in [0.25, 0.3) is 0 Å².